The Morgan fingerprint density at radius 1 is 1.50 bits per heavy atom. The number of benzene rings is 1. The summed E-state index contributed by atoms with van der Waals surface area (Å²) in [5.41, 5.74) is 9.41. The number of nitrogens with two attached hydrogens (primary N) is 1. The second-order valence-corrected chi connectivity index (χ2v) is 4.56. The molecule has 0 radical (unpaired) electrons. The van der Waals surface area contributed by atoms with Crippen LogP contribution in [0.5, 0.6) is 0 Å². The summed E-state index contributed by atoms with van der Waals surface area (Å²) in [6.07, 6.45) is 2.12. The molecule has 2 N–H and O–H groups in total. The maximum atomic E-state index is 5.78. The molecule has 1 aromatic carbocycles. The zero-order chi connectivity index (χ0) is 10.7. The highest BCUT2D eigenvalue weighted by atomic mass is 79.9. The first-order chi connectivity index (χ1) is 6.50. The predicted octanol–water partition coefficient (Wildman–Crippen LogP) is 3.51. The highest BCUT2D eigenvalue weighted by Gasteiger charge is 2.00. The standard InChI is InChI=1S/C12H16BrN/c1-8-4-5-11(12(13)6-8)7-9(2)10(3)14/h4-7,10H,14H2,1-3H3/b9-7+. The molecule has 14 heavy (non-hydrogen) atoms. The van der Waals surface area contributed by atoms with Crippen LogP contribution in [-0.2, 0) is 0 Å². The molecule has 0 heterocycles. The molecular weight excluding hydrogens is 238 g/mol. The molecule has 0 aromatic heterocycles. The van der Waals surface area contributed by atoms with E-state index in [1.54, 1.807) is 0 Å². The Kier molecular flexibility index (Phi) is 3.90. The van der Waals surface area contributed by atoms with Crippen LogP contribution < -0.4 is 5.73 Å². The Bertz CT molecular complexity index is 353. The molecule has 0 aliphatic carbocycles. The van der Waals surface area contributed by atoms with Crippen LogP contribution in [-0.4, -0.2) is 6.04 Å². The lowest BCUT2D eigenvalue weighted by molar-refractivity contribution is 0.868. The van der Waals surface area contributed by atoms with Gasteiger partial charge in [-0.3, -0.25) is 0 Å². The highest BCUT2D eigenvalue weighted by Crippen LogP contribution is 2.21. The summed E-state index contributed by atoms with van der Waals surface area (Å²) in [4.78, 5) is 0. The van der Waals surface area contributed by atoms with Gasteiger partial charge in [0.15, 0.2) is 0 Å². The van der Waals surface area contributed by atoms with Crippen molar-refractivity contribution in [1.82, 2.24) is 0 Å². The Hall–Kier alpha value is -0.600. The average molecular weight is 254 g/mol. The maximum absolute atomic E-state index is 5.78. The van der Waals surface area contributed by atoms with Crippen molar-refractivity contribution < 1.29 is 0 Å². The molecule has 0 saturated heterocycles. The third-order valence-corrected chi connectivity index (χ3v) is 2.94. The van der Waals surface area contributed by atoms with E-state index in [0.717, 1.165) is 4.47 Å². The van der Waals surface area contributed by atoms with Gasteiger partial charge in [-0.1, -0.05) is 39.7 Å². The maximum Gasteiger partial charge on any atom is 0.0250 e. The molecule has 1 aromatic rings. The van der Waals surface area contributed by atoms with Gasteiger partial charge < -0.3 is 5.73 Å². The Morgan fingerprint density at radius 3 is 2.64 bits per heavy atom. The van der Waals surface area contributed by atoms with E-state index in [4.69, 9.17) is 5.73 Å². The van der Waals surface area contributed by atoms with Crippen molar-refractivity contribution in [2.75, 3.05) is 0 Å². The molecule has 0 aliphatic heterocycles. The minimum Gasteiger partial charge on any atom is -0.324 e. The lowest BCUT2D eigenvalue weighted by Crippen LogP contribution is -2.15. The van der Waals surface area contributed by atoms with E-state index < -0.39 is 0 Å². The van der Waals surface area contributed by atoms with Crippen LogP contribution in [0.3, 0.4) is 0 Å². The van der Waals surface area contributed by atoms with Gasteiger partial charge >= 0.3 is 0 Å². The molecule has 2 heteroatoms. The molecule has 0 saturated carbocycles. The molecule has 1 nitrogen and oxygen atoms in total. The van der Waals surface area contributed by atoms with Gasteiger partial charge in [0.25, 0.3) is 0 Å². The molecule has 0 aliphatic rings. The smallest absolute Gasteiger partial charge is 0.0250 e. The molecule has 76 valence electrons. The fourth-order valence-corrected chi connectivity index (χ4v) is 1.73. The van der Waals surface area contributed by atoms with Crippen molar-refractivity contribution in [3.05, 3.63) is 39.4 Å². The van der Waals surface area contributed by atoms with Crippen molar-refractivity contribution in [2.45, 2.75) is 26.8 Å². The van der Waals surface area contributed by atoms with Crippen LogP contribution in [0.4, 0.5) is 0 Å². The number of hydrogen-bond donors (Lipinski definition) is 1. The van der Waals surface area contributed by atoms with Crippen LogP contribution in [0.15, 0.2) is 28.2 Å². The second-order valence-electron chi connectivity index (χ2n) is 3.70. The first-order valence-corrected chi connectivity index (χ1v) is 5.50. The van der Waals surface area contributed by atoms with Gasteiger partial charge in [-0.15, -0.1) is 0 Å². The van der Waals surface area contributed by atoms with Crippen LogP contribution in [0.2, 0.25) is 0 Å². The zero-order valence-corrected chi connectivity index (χ0v) is 10.4. The predicted molar refractivity (Wildman–Crippen MR) is 66.2 cm³/mol. The van der Waals surface area contributed by atoms with Crippen molar-refractivity contribution in [1.29, 1.82) is 0 Å². The van der Waals surface area contributed by atoms with Crippen molar-refractivity contribution in [3.8, 4) is 0 Å². The molecule has 1 atom stereocenters. The van der Waals surface area contributed by atoms with E-state index in [9.17, 15) is 0 Å². The summed E-state index contributed by atoms with van der Waals surface area (Å²) in [5.74, 6) is 0. The third kappa shape index (κ3) is 2.96. The molecule has 1 unspecified atom stereocenters. The summed E-state index contributed by atoms with van der Waals surface area (Å²) in [5, 5.41) is 0. The lowest BCUT2D eigenvalue weighted by atomic mass is 10.1. The first-order valence-electron chi connectivity index (χ1n) is 4.70. The van der Waals surface area contributed by atoms with Crippen molar-refractivity contribution >= 4 is 22.0 Å². The van der Waals surface area contributed by atoms with Crippen LogP contribution >= 0.6 is 15.9 Å². The number of rotatable bonds is 2. The minimum atomic E-state index is 0.114. The molecular formula is C12H16BrN. The van der Waals surface area contributed by atoms with Crippen LogP contribution in [0.1, 0.15) is 25.0 Å². The van der Waals surface area contributed by atoms with Gasteiger partial charge in [-0.05, 0) is 38.0 Å². The van der Waals surface area contributed by atoms with Gasteiger partial charge in [-0.2, -0.15) is 0 Å². The van der Waals surface area contributed by atoms with Gasteiger partial charge in [0.2, 0.25) is 0 Å². The molecule has 0 amide bonds. The second kappa shape index (κ2) is 4.76. The fraction of sp³-hybridized carbons (Fsp3) is 0.333. The number of aryl methyl sites for hydroxylation is 1. The summed E-state index contributed by atoms with van der Waals surface area (Å²) in [7, 11) is 0. The lowest BCUT2D eigenvalue weighted by Gasteiger charge is -2.06. The molecule has 0 fully saturated rings. The van der Waals surface area contributed by atoms with Gasteiger partial charge in [0.05, 0.1) is 0 Å². The Labute approximate surface area is 94.1 Å². The Morgan fingerprint density at radius 2 is 2.14 bits per heavy atom. The monoisotopic (exact) mass is 253 g/mol. The van der Waals surface area contributed by atoms with E-state index in [0.29, 0.717) is 0 Å². The molecule has 1 rings (SSSR count). The summed E-state index contributed by atoms with van der Waals surface area (Å²) in [6.45, 7) is 6.13. The Balaban J connectivity index is 3.03. The summed E-state index contributed by atoms with van der Waals surface area (Å²) >= 11 is 3.54. The largest absolute Gasteiger partial charge is 0.324 e. The number of hydrogen-bond acceptors (Lipinski definition) is 1. The van der Waals surface area contributed by atoms with E-state index in [-0.39, 0.29) is 6.04 Å². The SMILES string of the molecule is C/C(=C\c1ccc(C)cc1Br)C(C)N. The quantitative estimate of drug-likeness (QED) is 0.858. The normalized spacial score (nSPS) is 14.2. The van der Waals surface area contributed by atoms with Gasteiger partial charge in [-0.25, -0.2) is 0 Å². The minimum absolute atomic E-state index is 0.114. The van der Waals surface area contributed by atoms with E-state index >= 15 is 0 Å². The van der Waals surface area contributed by atoms with Gasteiger partial charge in [0.1, 0.15) is 0 Å². The molecule has 0 bridgehead atoms. The van der Waals surface area contributed by atoms with E-state index in [1.165, 1.54) is 16.7 Å². The fourth-order valence-electron chi connectivity index (χ4n) is 1.13. The van der Waals surface area contributed by atoms with E-state index in [1.807, 2.05) is 6.92 Å². The summed E-state index contributed by atoms with van der Waals surface area (Å²) < 4.78 is 1.12. The number of halogens is 1. The zero-order valence-electron chi connectivity index (χ0n) is 8.84. The summed E-state index contributed by atoms with van der Waals surface area (Å²) in [6, 6.07) is 6.43. The topological polar surface area (TPSA) is 26.0 Å². The van der Waals surface area contributed by atoms with Crippen LogP contribution in [0.25, 0.3) is 6.08 Å². The first kappa shape index (κ1) is 11.5. The van der Waals surface area contributed by atoms with Crippen LogP contribution in [0, 0.1) is 6.92 Å². The third-order valence-electron chi connectivity index (χ3n) is 2.26. The van der Waals surface area contributed by atoms with Crippen molar-refractivity contribution in [3.63, 3.8) is 0 Å². The van der Waals surface area contributed by atoms with E-state index in [2.05, 4.69) is 54.1 Å². The van der Waals surface area contributed by atoms with Crippen molar-refractivity contribution in [2.24, 2.45) is 5.73 Å². The highest BCUT2D eigenvalue weighted by molar-refractivity contribution is 9.10. The average Bonchev–Trinajstić information content (AvgIpc) is 2.09. The molecule has 0 spiro atoms. The van der Waals surface area contributed by atoms with Gasteiger partial charge in [0, 0.05) is 10.5 Å².